The maximum Gasteiger partial charge on any atom is 0.344 e. The Balaban J connectivity index is 2.09. The largest absolute Gasteiger partial charge is 0.490 e. The van der Waals surface area contributed by atoms with E-state index in [4.69, 9.17) is 14.6 Å². The van der Waals surface area contributed by atoms with E-state index in [-0.39, 0.29) is 17.2 Å². The second kappa shape index (κ2) is 10.5. The quantitative estimate of drug-likeness (QED) is 0.368. The number of ether oxygens (including phenoxy) is 2. The maximum absolute atomic E-state index is 13.2. The molecule has 0 aliphatic rings. The molecule has 8 nitrogen and oxygen atoms in total. The summed E-state index contributed by atoms with van der Waals surface area (Å²) in [4.78, 5) is 29.0. The minimum Gasteiger partial charge on any atom is -0.490 e. The lowest BCUT2D eigenvalue weighted by Crippen LogP contribution is -2.23. The zero-order valence-corrected chi connectivity index (χ0v) is 21.7. The van der Waals surface area contributed by atoms with E-state index in [2.05, 4.69) is 41.9 Å². The molecular formula is C23H23Br2N3O5. The van der Waals surface area contributed by atoms with Crippen molar-refractivity contribution in [2.24, 2.45) is 5.10 Å². The molecule has 0 radical (unpaired) electrons. The van der Waals surface area contributed by atoms with Crippen LogP contribution >= 0.6 is 31.9 Å². The number of carboxylic acids is 1. The lowest BCUT2D eigenvalue weighted by molar-refractivity contribution is -0.144. The molecule has 3 aromatic rings. The van der Waals surface area contributed by atoms with Crippen molar-refractivity contribution in [3.05, 3.63) is 61.0 Å². The second-order valence-electron chi connectivity index (χ2n) is 7.51. The van der Waals surface area contributed by atoms with Gasteiger partial charge in [-0.05, 0) is 65.7 Å². The molecule has 0 saturated carbocycles. The third-order valence-corrected chi connectivity index (χ3v) is 5.73. The SMILES string of the molecule is CCOc1cc(C=Nn2c(C(C)C)nc3ccc(Br)cc3c2=O)cc(Br)c1O[C@@H](C)C(=O)O. The van der Waals surface area contributed by atoms with Crippen LogP contribution in [0.4, 0.5) is 0 Å². The van der Waals surface area contributed by atoms with Crippen molar-refractivity contribution in [3.63, 3.8) is 0 Å². The van der Waals surface area contributed by atoms with Crippen LogP contribution in [0.1, 0.15) is 45.0 Å². The van der Waals surface area contributed by atoms with Crippen LogP contribution in [0.25, 0.3) is 10.9 Å². The van der Waals surface area contributed by atoms with Crippen LogP contribution in [0.2, 0.25) is 0 Å². The van der Waals surface area contributed by atoms with Crippen LogP contribution in [0.5, 0.6) is 11.5 Å². The second-order valence-corrected chi connectivity index (χ2v) is 9.28. The summed E-state index contributed by atoms with van der Waals surface area (Å²) in [5.74, 6) is 0.0397. The van der Waals surface area contributed by atoms with Gasteiger partial charge in [0.2, 0.25) is 0 Å². The van der Waals surface area contributed by atoms with Crippen molar-refractivity contribution in [2.45, 2.75) is 39.7 Å². The van der Waals surface area contributed by atoms with Gasteiger partial charge in [0, 0.05) is 10.4 Å². The summed E-state index contributed by atoms with van der Waals surface area (Å²) in [5.41, 5.74) is 0.950. The van der Waals surface area contributed by atoms with E-state index in [1.54, 1.807) is 24.3 Å². The minimum atomic E-state index is -1.09. The molecule has 0 saturated heterocycles. The topological polar surface area (TPSA) is 103 Å². The summed E-state index contributed by atoms with van der Waals surface area (Å²) < 4.78 is 13.8. The van der Waals surface area contributed by atoms with Crippen LogP contribution in [-0.2, 0) is 4.79 Å². The van der Waals surface area contributed by atoms with Crippen LogP contribution in [0, 0.1) is 0 Å². The zero-order valence-electron chi connectivity index (χ0n) is 18.5. The first-order valence-electron chi connectivity index (χ1n) is 10.2. The number of rotatable bonds is 8. The predicted octanol–water partition coefficient (Wildman–Crippen LogP) is 5.18. The van der Waals surface area contributed by atoms with Crippen molar-refractivity contribution >= 4 is 54.9 Å². The van der Waals surface area contributed by atoms with E-state index in [0.29, 0.717) is 39.1 Å². The number of halogens is 2. The fraction of sp³-hybridized carbons (Fsp3) is 0.304. The Morgan fingerprint density at radius 1 is 1.24 bits per heavy atom. The number of fused-ring (bicyclic) bond motifs is 1. The van der Waals surface area contributed by atoms with Gasteiger partial charge in [-0.15, -0.1) is 0 Å². The van der Waals surface area contributed by atoms with Gasteiger partial charge in [0.1, 0.15) is 5.82 Å². The molecule has 1 aromatic heterocycles. The number of hydrogen-bond acceptors (Lipinski definition) is 6. The molecular weight excluding hydrogens is 558 g/mol. The van der Waals surface area contributed by atoms with E-state index < -0.39 is 12.1 Å². The summed E-state index contributed by atoms with van der Waals surface area (Å²) in [5, 5.41) is 14.0. The number of aliphatic carboxylic acids is 1. The number of carbonyl (C=O) groups is 1. The Hall–Kier alpha value is -2.72. The highest BCUT2D eigenvalue weighted by Crippen LogP contribution is 2.37. The van der Waals surface area contributed by atoms with Gasteiger partial charge in [0.15, 0.2) is 17.6 Å². The number of benzene rings is 2. The first kappa shape index (κ1) is 24.9. The van der Waals surface area contributed by atoms with Crippen molar-refractivity contribution < 1.29 is 19.4 Å². The van der Waals surface area contributed by atoms with Gasteiger partial charge in [-0.3, -0.25) is 4.79 Å². The fourth-order valence-electron chi connectivity index (χ4n) is 3.04. The normalized spacial score (nSPS) is 12.5. The third kappa shape index (κ3) is 5.62. The first-order chi connectivity index (χ1) is 15.6. The standard InChI is InChI=1S/C23H23Br2N3O5/c1-5-32-19-9-14(8-17(25)20(19)33-13(4)23(30)31)11-26-28-21(12(2)3)27-18-7-6-15(24)10-16(18)22(28)29/h6-13H,5H2,1-4H3,(H,30,31)/t13-/m0/s1. The zero-order chi connectivity index (χ0) is 24.3. The summed E-state index contributed by atoms with van der Waals surface area (Å²) in [6, 6.07) is 8.74. The average molecular weight is 581 g/mol. The molecule has 0 bridgehead atoms. The van der Waals surface area contributed by atoms with Crippen molar-refractivity contribution in [1.29, 1.82) is 0 Å². The highest BCUT2D eigenvalue weighted by molar-refractivity contribution is 9.10. The number of aromatic nitrogens is 2. The Morgan fingerprint density at radius 2 is 1.97 bits per heavy atom. The molecule has 0 spiro atoms. The summed E-state index contributed by atoms with van der Waals surface area (Å²) in [6.07, 6.45) is 0.464. The van der Waals surface area contributed by atoms with Crippen LogP contribution in [0.15, 0.2) is 49.2 Å². The van der Waals surface area contributed by atoms with Gasteiger partial charge in [-0.2, -0.15) is 9.78 Å². The van der Waals surface area contributed by atoms with Gasteiger partial charge < -0.3 is 14.6 Å². The van der Waals surface area contributed by atoms with Crippen LogP contribution in [0.3, 0.4) is 0 Å². The van der Waals surface area contributed by atoms with Gasteiger partial charge in [-0.1, -0.05) is 29.8 Å². The van der Waals surface area contributed by atoms with Gasteiger partial charge in [-0.25, -0.2) is 9.78 Å². The highest BCUT2D eigenvalue weighted by Gasteiger charge is 2.19. The molecule has 0 aliphatic carbocycles. The molecule has 10 heteroatoms. The lowest BCUT2D eigenvalue weighted by atomic mass is 10.2. The van der Waals surface area contributed by atoms with Crippen LogP contribution in [-0.4, -0.2) is 39.7 Å². The molecule has 1 heterocycles. The molecule has 174 valence electrons. The van der Waals surface area contributed by atoms with E-state index in [9.17, 15) is 9.59 Å². The fourth-order valence-corrected chi connectivity index (χ4v) is 3.96. The summed E-state index contributed by atoms with van der Waals surface area (Å²) in [6.45, 7) is 7.48. The smallest absolute Gasteiger partial charge is 0.344 e. The molecule has 0 amide bonds. The van der Waals surface area contributed by atoms with Gasteiger partial charge in [0.05, 0.1) is 28.2 Å². The monoisotopic (exact) mass is 579 g/mol. The molecule has 1 atom stereocenters. The minimum absolute atomic E-state index is 0.0399. The molecule has 33 heavy (non-hydrogen) atoms. The average Bonchev–Trinajstić information content (AvgIpc) is 2.75. The van der Waals surface area contributed by atoms with E-state index in [1.165, 1.54) is 17.8 Å². The molecule has 0 fully saturated rings. The third-order valence-electron chi connectivity index (χ3n) is 4.65. The molecule has 0 unspecified atom stereocenters. The van der Waals surface area contributed by atoms with E-state index in [1.807, 2.05) is 26.8 Å². The Bertz CT molecular complexity index is 1290. The van der Waals surface area contributed by atoms with Gasteiger partial charge in [0.25, 0.3) is 5.56 Å². The summed E-state index contributed by atoms with van der Waals surface area (Å²) >= 11 is 6.81. The molecule has 3 rings (SSSR count). The van der Waals surface area contributed by atoms with Crippen LogP contribution < -0.4 is 15.0 Å². The lowest BCUT2D eigenvalue weighted by Gasteiger charge is -2.17. The maximum atomic E-state index is 13.2. The predicted molar refractivity (Wildman–Crippen MR) is 134 cm³/mol. The Labute approximate surface area is 207 Å². The van der Waals surface area contributed by atoms with E-state index in [0.717, 1.165) is 4.47 Å². The number of nitrogens with zero attached hydrogens (tertiary/aromatic N) is 3. The Kier molecular flexibility index (Phi) is 7.91. The number of hydrogen-bond donors (Lipinski definition) is 1. The molecule has 0 aliphatic heterocycles. The first-order valence-corrected chi connectivity index (χ1v) is 11.8. The van der Waals surface area contributed by atoms with Crippen molar-refractivity contribution in [2.75, 3.05) is 6.61 Å². The van der Waals surface area contributed by atoms with Gasteiger partial charge >= 0.3 is 5.97 Å². The molecule has 1 N–H and O–H groups in total. The van der Waals surface area contributed by atoms with Crippen molar-refractivity contribution in [3.8, 4) is 11.5 Å². The Morgan fingerprint density at radius 3 is 2.61 bits per heavy atom. The highest BCUT2D eigenvalue weighted by atomic mass is 79.9. The van der Waals surface area contributed by atoms with Crippen molar-refractivity contribution in [1.82, 2.24) is 9.66 Å². The molecule has 2 aromatic carbocycles. The number of carboxylic acid groups (broad SMARTS) is 1. The summed E-state index contributed by atoms with van der Waals surface area (Å²) in [7, 11) is 0. The van der Waals surface area contributed by atoms with E-state index >= 15 is 0 Å².